The average molecular weight is 228 g/mol. The van der Waals surface area contributed by atoms with E-state index in [-0.39, 0.29) is 0 Å². The number of nitrogens with one attached hydrogen (secondary N) is 1. The van der Waals surface area contributed by atoms with Crippen LogP contribution in [0.15, 0.2) is 24.5 Å². The molecule has 88 valence electrons. The van der Waals surface area contributed by atoms with Gasteiger partial charge in [-0.2, -0.15) is 5.10 Å². The fourth-order valence-electron chi connectivity index (χ4n) is 2.36. The highest BCUT2D eigenvalue weighted by molar-refractivity contribution is 5.75. The molecule has 2 aromatic rings. The van der Waals surface area contributed by atoms with Crippen LogP contribution in [0.25, 0.3) is 11.1 Å². The van der Waals surface area contributed by atoms with Crippen LogP contribution in [-0.2, 0) is 6.42 Å². The third-order valence-corrected chi connectivity index (χ3v) is 3.54. The van der Waals surface area contributed by atoms with Crippen molar-refractivity contribution in [1.82, 2.24) is 15.2 Å². The number of pyridine rings is 1. The van der Waals surface area contributed by atoms with E-state index in [1.54, 1.807) is 6.20 Å². The van der Waals surface area contributed by atoms with E-state index in [4.69, 9.17) is 5.73 Å². The Morgan fingerprint density at radius 3 is 2.94 bits per heavy atom. The standard InChI is InChI=1S/C13H16N4/c14-13-12(10-5-2-6-15-8-10)11(16-17-13)7-9-3-1-4-9/h2,5-6,8-9H,1,3-4,7H2,(H3,14,16,17). The lowest BCUT2D eigenvalue weighted by Gasteiger charge is -2.24. The molecule has 2 aromatic heterocycles. The Bertz CT molecular complexity index is 499. The molecule has 0 atom stereocenters. The summed E-state index contributed by atoms with van der Waals surface area (Å²) in [5.41, 5.74) is 9.17. The van der Waals surface area contributed by atoms with E-state index >= 15 is 0 Å². The smallest absolute Gasteiger partial charge is 0.153 e. The molecule has 0 aromatic carbocycles. The lowest BCUT2D eigenvalue weighted by molar-refractivity contribution is 0.312. The summed E-state index contributed by atoms with van der Waals surface area (Å²) < 4.78 is 0. The zero-order valence-electron chi connectivity index (χ0n) is 9.69. The molecule has 0 radical (unpaired) electrons. The number of H-pyrrole nitrogens is 1. The molecule has 3 rings (SSSR count). The molecule has 4 nitrogen and oxygen atoms in total. The number of hydrogen-bond acceptors (Lipinski definition) is 3. The van der Waals surface area contributed by atoms with Crippen molar-refractivity contribution in [2.75, 3.05) is 5.73 Å². The molecule has 0 amide bonds. The van der Waals surface area contributed by atoms with Crippen molar-refractivity contribution >= 4 is 5.82 Å². The van der Waals surface area contributed by atoms with Gasteiger partial charge >= 0.3 is 0 Å². The van der Waals surface area contributed by atoms with Gasteiger partial charge in [0.25, 0.3) is 0 Å². The van der Waals surface area contributed by atoms with E-state index in [9.17, 15) is 0 Å². The Morgan fingerprint density at radius 2 is 2.29 bits per heavy atom. The van der Waals surface area contributed by atoms with Gasteiger partial charge < -0.3 is 5.73 Å². The molecule has 1 saturated carbocycles. The topological polar surface area (TPSA) is 67.6 Å². The summed E-state index contributed by atoms with van der Waals surface area (Å²) >= 11 is 0. The summed E-state index contributed by atoms with van der Waals surface area (Å²) in [6.45, 7) is 0. The molecule has 2 heterocycles. The van der Waals surface area contributed by atoms with Crippen LogP contribution in [0.1, 0.15) is 25.0 Å². The van der Waals surface area contributed by atoms with Gasteiger partial charge in [0.15, 0.2) is 5.82 Å². The molecule has 1 aliphatic carbocycles. The van der Waals surface area contributed by atoms with E-state index in [2.05, 4.69) is 15.2 Å². The molecule has 17 heavy (non-hydrogen) atoms. The van der Waals surface area contributed by atoms with Crippen LogP contribution in [0.4, 0.5) is 5.82 Å². The second-order valence-electron chi connectivity index (χ2n) is 4.71. The quantitative estimate of drug-likeness (QED) is 0.847. The maximum Gasteiger partial charge on any atom is 0.153 e. The van der Waals surface area contributed by atoms with E-state index in [0.717, 1.165) is 29.2 Å². The minimum atomic E-state index is 0.576. The van der Waals surface area contributed by atoms with Gasteiger partial charge in [-0.1, -0.05) is 25.3 Å². The minimum absolute atomic E-state index is 0.576. The minimum Gasteiger partial charge on any atom is -0.382 e. The molecule has 4 heteroatoms. The highest BCUT2D eigenvalue weighted by Crippen LogP contribution is 2.34. The maximum atomic E-state index is 5.94. The number of nitrogens with zero attached hydrogens (tertiary/aromatic N) is 2. The van der Waals surface area contributed by atoms with Gasteiger partial charge in [0.2, 0.25) is 0 Å². The van der Waals surface area contributed by atoms with Gasteiger partial charge in [-0.15, -0.1) is 0 Å². The largest absolute Gasteiger partial charge is 0.382 e. The average Bonchev–Trinajstić information content (AvgIpc) is 2.66. The summed E-state index contributed by atoms with van der Waals surface area (Å²) in [5, 5.41) is 7.20. The zero-order chi connectivity index (χ0) is 11.7. The predicted octanol–water partition coefficient (Wildman–Crippen LogP) is 2.40. The van der Waals surface area contributed by atoms with Crippen LogP contribution in [0, 0.1) is 5.92 Å². The Hall–Kier alpha value is -1.84. The molecule has 0 saturated heterocycles. The lowest BCUT2D eigenvalue weighted by atomic mass is 9.81. The summed E-state index contributed by atoms with van der Waals surface area (Å²) in [7, 11) is 0. The Labute approximate surface area is 100 Å². The SMILES string of the molecule is Nc1n[nH]c(CC2CCC2)c1-c1cccnc1. The summed E-state index contributed by atoms with van der Waals surface area (Å²) in [6, 6.07) is 3.95. The summed E-state index contributed by atoms with van der Waals surface area (Å²) in [4.78, 5) is 4.14. The molecular weight excluding hydrogens is 212 g/mol. The second kappa shape index (κ2) is 4.20. The van der Waals surface area contributed by atoms with E-state index in [0.29, 0.717) is 5.82 Å². The third kappa shape index (κ3) is 1.90. The first-order valence-electron chi connectivity index (χ1n) is 6.07. The Morgan fingerprint density at radius 1 is 1.41 bits per heavy atom. The van der Waals surface area contributed by atoms with Crippen LogP contribution in [-0.4, -0.2) is 15.2 Å². The van der Waals surface area contributed by atoms with Crippen molar-refractivity contribution in [3.05, 3.63) is 30.2 Å². The predicted molar refractivity (Wildman–Crippen MR) is 67.3 cm³/mol. The molecule has 0 bridgehead atoms. The first-order valence-corrected chi connectivity index (χ1v) is 6.07. The third-order valence-electron chi connectivity index (χ3n) is 3.54. The highest BCUT2D eigenvalue weighted by atomic mass is 15.2. The van der Waals surface area contributed by atoms with E-state index in [1.165, 1.54) is 19.3 Å². The molecule has 3 N–H and O–H groups in total. The molecule has 0 spiro atoms. The van der Waals surface area contributed by atoms with Crippen molar-refractivity contribution in [3.8, 4) is 11.1 Å². The number of aromatic amines is 1. The monoisotopic (exact) mass is 228 g/mol. The highest BCUT2D eigenvalue weighted by Gasteiger charge is 2.22. The van der Waals surface area contributed by atoms with Crippen LogP contribution >= 0.6 is 0 Å². The van der Waals surface area contributed by atoms with Crippen LogP contribution in [0.5, 0.6) is 0 Å². The number of nitrogens with two attached hydrogens (primary N) is 1. The van der Waals surface area contributed by atoms with Gasteiger partial charge in [0, 0.05) is 29.2 Å². The summed E-state index contributed by atoms with van der Waals surface area (Å²) in [6.07, 6.45) is 8.67. The van der Waals surface area contributed by atoms with Gasteiger partial charge in [0.1, 0.15) is 0 Å². The Balaban J connectivity index is 1.94. The number of hydrogen-bond donors (Lipinski definition) is 2. The van der Waals surface area contributed by atoms with E-state index < -0.39 is 0 Å². The maximum absolute atomic E-state index is 5.94. The fourth-order valence-corrected chi connectivity index (χ4v) is 2.36. The normalized spacial score (nSPS) is 15.8. The second-order valence-corrected chi connectivity index (χ2v) is 4.71. The number of anilines is 1. The van der Waals surface area contributed by atoms with Gasteiger partial charge in [-0.25, -0.2) is 0 Å². The van der Waals surface area contributed by atoms with E-state index in [1.807, 2.05) is 18.3 Å². The Kier molecular flexibility index (Phi) is 2.55. The van der Waals surface area contributed by atoms with Crippen molar-refractivity contribution < 1.29 is 0 Å². The molecule has 1 aliphatic rings. The number of rotatable bonds is 3. The number of aromatic nitrogens is 3. The zero-order valence-corrected chi connectivity index (χ0v) is 9.69. The fraction of sp³-hybridized carbons (Fsp3) is 0.385. The van der Waals surface area contributed by atoms with Gasteiger partial charge in [-0.3, -0.25) is 10.1 Å². The van der Waals surface area contributed by atoms with Crippen LogP contribution < -0.4 is 5.73 Å². The first kappa shape index (κ1) is 10.3. The van der Waals surface area contributed by atoms with Gasteiger partial charge in [0.05, 0.1) is 0 Å². The summed E-state index contributed by atoms with van der Waals surface area (Å²) in [5.74, 6) is 1.37. The molecule has 1 fully saturated rings. The van der Waals surface area contributed by atoms with Crippen molar-refractivity contribution in [2.24, 2.45) is 5.92 Å². The van der Waals surface area contributed by atoms with Crippen LogP contribution in [0.3, 0.4) is 0 Å². The van der Waals surface area contributed by atoms with Crippen molar-refractivity contribution in [1.29, 1.82) is 0 Å². The molecular formula is C13H16N4. The van der Waals surface area contributed by atoms with Crippen molar-refractivity contribution in [3.63, 3.8) is 0 Å². The molecule has 0 unspecified atom stereocenters. The lowest BCUT2D eigenvalue weighted by Crippen LogP contribution is -2.14. The first-order chi connectivity index (χ1) is 8.34. The van der Waals surface area contributed by atoms with Crippen molar-refractivity contribution in [2.45, 2.75) is 25.7 Å². The van der Waals surface area contributed by atoms with Crippen LogP contribution in [0.2, 0.25) is 0 Å². The van der Waals surface area contributed by atoms with Gasteiger partial charge in [-0.05, 0) is 18.4 Å². The molecule has 0 aliphatic heterocycles. The number of nitrogen functional groups attached to an aromatic ring is 1.